The van der Waals surface area contributed by atoms with E-state index in [4.69, 9.17) is 4.18 Å². The number of methoxy groups -OCH3 is 1. The van der Waals surface area contributed by atoms with E-state index in [1.165, 1.54) is 32.2 Å². The number of carbonyl (C=O) groups excluding carboxylic acids is 1. The van der Waals surface area contributed by atoms with Gasteiger partial charge < -0.3 is 8.92 Å². The number of benzene rings is 2. The molecular formula is C15H13FO5S. The SMILES string of the molecule is COC(=O)c1ccccc1OS(=O)(=O)c1ccc(F)c(C)c1. The second-order valence-corrected chi connectivity index (χ2v) is 5.98. The molecule has 22 heavy (non-hydrogen) atoms. The normalized spacial score (nSPS) is 11.0. The molecule has 0 aliphatic carbocycles. The van der Waals surface area contributed by atoms with E-state index < -0.39 is 21.9 Å². The Kier molecular flexibility index (Phi) is 4.46. The first-order chi connectivity index (χ1) is 10.3. The molecule has 0 saturated heterocycles. The van der Waals surface area contributed by atoms with Crippen molar-refractivity contribution in [1.82, 2.24) is 0 Å². The van der Waals surface area contributed by atoms with Crippen LogP contribution in [0, 0.1) is 12.7 Å². The van der Waals surface area contributed by atoms with Crippen LogP contribution in [0.25, 0.3) is 0 Å². The minimum atomic E-state index is -4.19. The fourth-order valence-electron chi connectivity index (χ4n) is 1.76. The lowest BCUT2D eigenvalue weighted by Gasteiger charge is -2.10. The first-order valence-corrected chi connectivity index (χ1v) is 7.64. The van der Waals surface area contributed by atoms with Crippen LogP contribution in [0.4, 0.5) is 4.39 Å². The number of hydrogen-bond donors (Lipinski definition) is 0. The minimum Gasteiger partial charge on any atom is -0.465 e. The molecule has 2 rings (SSSR count). The molecule has 0 amide bonds. The van der Waals surface area contributed by atoms with Gasteiger partial charge in [0.25, 0.3) is 0 Å². The number of aryl methyl sites for hydroxylation is 1. The van der Waals surface area contributed by atoms with Crippen LogP contribution in [0.3, 0.4) is 0 Å². The molecule has 0 aromatic heterocycles. The van der Waals surface area contributed by atoms with Crippen molar-refractivity contribution in [3.05, 3.63) is 59.4 Å². The zero-order valence-electron chi connectivity index (χ0n) is 11.9. The highest BCUT2D eigenvalue weighted by molar-refractivity contribution is 7.87. The Hall–Kier alpha value is -2.41. The molecule has 2 aromatic carbocycles. The minimum absolute atomic E-state index is 0.0209. The molecule has 0 N–H and O–H groups in total. The monoisotopic (exact) mass is 324 g/mol. The Labute approximate surface area is 127 Å². The van der Waals surface area contributed by atoms with Crippen molar-refractivity contribution in [2.24, 2.45) is 0 Å². The van der Waals surface area contributed by atoms with Crippen LogP contribution in [0.15, 0.2) is 47.4 Å². The Balaban J connectivity index is 2.41. The molecule has 5 nitrogen and oxygen atoms in total. The highest BCUT2D eigenvalue weighted by Gasteiger charge is 2.21. The van der Waals surface area contributed by atoms with Gasteiger partial charge in [0.15, 0.2) is 5.75 Å². The second kappa shape index (κ2) is 6.15. The van der Waals surface area contributed by atoms with Gasteiger partial charge in [-0.2, -0.15) is 8.42 Å². The Morgan fingerprint density at radius 3 is 2.45 bits per heavy atom. The van der Waals surface area contributed by atoms with Crippen molar-refractivity contribution < 1.29 is 26.5 Å². The van der Waals surface area contributed by atoms with Crippen molar-refractivity contribution in [2.75, 3.05) is 7.11 Å². The van der Waals surface area contributed by atoms with E-state index in [-0.39, 0.29) is 21.8 Å². The van der Waals surface area contributed by atoms with E-state index in [1.807, 2.05) is 0 Å². The Morgan fingerprint density at radius 1 is 1.14 bits per heavy atom. The topological polar surface area (TPSA) is 69.7 Å². The molecule has 0 atom stereocenters. The average molecular weight is 324 g/mol. The van der Waals surface area contributed by atoms with Crippen LogP contribution in [0.2, 0.25) is 0 Å². The van der Waals surface area contributed by atoms with E-state index in [2.05, 4.69) is 4.74 Å². The number of rotatable bonds is 4. The average Bonchev–Trinajstić information content (AvgIpc) is 2.49. The molecule has 0 aliphatic rings. The molecule has 0 radical (unpaired) electrons. The third-order valence-corrected chi connectivity index (χ3v) is 4.14. The molecule has 0 spiro atoms. The van der Waals surface area contributed by atoms with Gasteiger partial charge in [-0.15, -0.1) is 0 Å². The third-order valence-electron chi connectivity index (χ3n) is 2.91. The molecule has 0 fully saturated rings. The fraction of sp³-hybridized carbons (Fsp3) is 0.133. The largest absolute Gasteiger partial charge is 0.465 e. The highest BCUT2D eigenvalue weighted by Crippen LogP contribution is 2.24. The molecule has 0 saturated carbocycles. The molecule has 0 unspecified atom stereocenters. The standard InChI is InChI=1S/C15H13FO5S/c1-10-9-11(7-8-13(10)16)22(18,19)21-14-6-4-3-5-12(14)15(17)20-2/h3-9H,1-2H3. The Morgan fingerprint density at radius 2 is 1.82 bits per heavy atom. The quantitative estimate of drug-likeness (QED) is 0.639. The predicted octanol–water partition coefficient (Wildman–Crippen LogP) is 2.69. The van der Waals surface area contributed by atoms with Crippen LogP contribution in [-0.2, 0) is 14.9 Å². The van der Waals surface area contributed by atoms with Crippen LogP contribution in [-0.4, -0.2) is 21.5 Å². The number of para-hydroxylation sites is 1. The van der Waals surface area contributed by atoms with Crippen molar-refractivity contribution in [3.63, 3.8) is 0 Å². The summed E-state index contributed by atoms with van der Waals surface area (Å²) in [4.78, 5) is 11.4. The lowest BCUT2D eigenvalue weighted by molar-refractivity contribution is 0.0599. The van der Waals surface area contributed by atoms with Crippen molar-refractivity contribution in [2.45, 2.75) is 11.8 Å². The summed E-state index contributed by atoms with van der Waals surface area (Å²) in [5.41, 5.74) is 0.151. The van der Waals surface area contributed by atoms with E-state index >= 15 is 0 Å². The van der Waals surface area contributed by atoms with Crippen molar-refractivity contribution in [3.8, 4) is 5.75 Å². The zero-order valence-corrected chi connectivity index (χ0v) is 12.7. The fourth-order valence-corrected chi connectivity index (χ4v) is 2.79. The molecule has 0 aliphatic heterocycles. The maximum absolute atomic E-state index is 13.2. The summed E-state index contributed by atoms with van der Waals surface area (Å²) in [6.45, 7) is 1.44. The summed E-state index contributed by atoms with van der Waals surface area (Å²) in [7, 11) is -3.01. The van der Waals surface area contributed by atoms with Gasteiger partial charge in [0.1, 0.15) is 16.3 Å². The number of carbonyl (C=O) groups is 1. The molecule has 0 bridgehead atoms. The van der Waals surface area contributed by atoms with Gasteiger partial charge in [-0.25, -0.2) is 9.18 Å². The maximum Gasteiger partial charge on any atom is 0.341 e. The smallest absolute Gasteiger partial charge is 0.341 e. The lowest BCUT2D eigenvalue weighted by atomic mass is 10.2. The van der Waals surface area contributed by atoms with E-state index in [1.54, 1.807) is 6.07 Å². The lowest BCUT2D eigenvalue weighted by Crippen LogP contribution is -2.13. The van der Waals surface area contributed by atoms with Gasteiger partial charge in [0.2, 0.25) is 0 Å². The van der Waals surface area contributed by atoms with Crippen molar-refractivity contribution in [1.29, 1.82) is 0 Å². The van der Waals surface area contributed by atoms with Gasteiger partial charge in [-0.1, -0.05) is 12.1 Å². The first-order valence-electron chi connectivity index (χ1n) is 6.23. The van der Waals surface area contributed by atoms with Gasteiger partial charge in [0, 0.05) is 0 Å². The van der Waals surface area contributed by atoms with Crippen LogP contribution in [0.1, 0.15) is 15.9 Å². The molecular weight excluding hydrogens is 311 g/mol. The number of hydrogen-bond acceptors (Lipinski definition) is 5. The number of esters is 1. The van der Waals surface area contributed by atoms with Crippen LogP contribution < -0.4 is 4.18 Å². The summed E-state index contributed by atoms with van der Waals surface area (Å²) in [6, 6.07) is 9.08. The number of ether oxygens (including phenoxy) is 1. The molecule has 7 heteroatoms. The van der Waals surface area contributed by atoms with Gasteiger partial charge in [-0.05, 0) is 42.8 Å². The van der Waals surface area contributed by atoms with Gasteiger partial charge in [-0.3, -0.25) is 0 Å². The molecule has 2 aromatic rings. The summed E-state index contributed by atoms with van der Waals surface area (Å²) in [6.07, 6.45) is 0. The second-order valence-electron chi connectivity index (χ2n) is 4.44. The first kappa shape index (κ1) is 16.0. The van der Waals surface area contributed by atoms with Gasteiger partial charge in [0.05, 0.1) is 7.11 Å². The van der Waals surface area contributed by atoms with Gasteiger partial charge >= 0.3 is 16.1 Å². The van der Waals surface area contributed by atoms with Crippen LogP contribution in [0.5, 0.6) is 5.75 Å². The molecule has 0 heterocycles. The predicted molar refractivity (Wildman–Crippen MR) is 76.7 cm³/mol. The maximum atomic E-state index is 13.2. The van der Waals surface area contributed by atoms with E-state index in [0.29, 0.717) is 0 Å². The Bertz CT molecular complexity index is 814. The summed E-state index contributed by atoms with van der Waals surface area (Å²) in [5.74, 6) is -1.40. The highest BCUT2D eigenvalue weighted by atomic mass is 32.2. The van der Waals surface area contributed by atoms with E-state index in [0.717, 1.165) is 18.2 Å². The zero-order chi connectivity index (χ0) is 16.3. The van der Waals surface area contributed by atoms with Crippen molar-refractivity contribution >= 4 is 16.1 Å². The number of halogens is 1. The summed E-state index contributed by atoms with van der Waals surface area (Å²) < 4.78 is 47.3. The summed E-state index contributed by atoms with van der Waals surface area (Å²) in [5, 5.41) is 0. The van der Waals surface area contributed by atoms with Crippen LogP contribution >= 0.6 is 0 Å². The van der Waals surface area contributed by atoms with E-state index in [9.17, 15) is 17.6 Å². The third kappa shape index (κ3) is 3.25. The summed E-state index contributed by atoms with van der Waals surface area (Å²) >= 11 is 0. The molecule has 116 valence electrons.